The molecular formula is C16H28N4. The van der Waals surface area contributed by atoms with E-state index in [4.69, 9.17) is 4.98 Å². The molecule has 1 fully saturated rings. The molecule has 1 saturated carbocycles. The topological polar surface area (TPSA) is 41.1 Å². The molecule has 0 radical (unpaired) electrons. The van der Waals surface area contributed by atoms with Gasteiger partial charge in [-0.05, 0) is 12.8 Å². The van der Waals surface area contributed by atoms with Crippen molar-refractivity contribution < 1.29 is 0 Å². The van der Waals surface area contributed by atoms with Gasteiger partial charge in [-0.1, -0.05) is 39.5 Å². The van der Waals surface area contributed by atoms with E-state index in [9.17, 15) is 0 Å². The van der Waals surface area contributed by atoms with E-state index in [1.807, 2.05) is 12.4 Å². The number of nitrogens with zero attached hydrogens (tertiary/aromatic N) is 3. The molecule has 112 valence electrons. The molecule has 0 saturated heterocycles. The molecule has 20 heavy (non-hydrogen) atoms. The van der Waals surface area contributed by atoms with Gasteiger partial charge in [0, 0.05) is 31.9 Å². The summed E-state index contributed by atoms with van der Waals surface area (Å²) in [5.74, 6) is 1.01. The Balaban J connectivity index is 2.01. The summed E-state index contributed by atoms with van der Waals surface area (Å²) in [6.45, 7) is 5.08. The van der Waals surface area contributed by atoms with E-state index in [1.54, 1.807) is 0 Å². The van der Waals surface area contributed by atoms with E-state index in [0.29, 0.717) is 12.1 Å². The maximum absolute atomic E-state index is 4.75. The number of anilines is 1. The predicted octanol–water partition coefficient (Wildman–Crippen LogP) is 3.13. The molecule has 0 aliphatic heterocycles. The largest absolute Gasteiger partial charge is 0.355 e. The number of rotatable bonds is 5. The second-order valence-corrected chi connectivity index (χ2v) is 6.16. The second-order valence-electron chi connectivity index (χ2n) is 6.16. The minimum atomic E-state index is 0.472. The van der Waals surface area contributed by atoms with E-state index < -0.39 is 0 Å². The molecule has 1 aromatic rings. The van der Waals surface area contributed by atoms with Crippen LogP contribution in [0.1, 0.15) is 58.1 Å². The summed E-state index contributed by atoms with van der Waals surface area (Å²) in [7, 11) is 2.17. The molecule has 1 aliphatic rings. The highest BCUT2D eigenvalue weighted by Crippen LogP contribution is 2.24. The zero-order chi connectivity index (χ0) is 14.4. The van der Waals surface area contributed by atoms with Crippen LogP contribution in [0.4, 0.5) is 5.82 Å². The van der Waals surface area contributed by atoms with Gasteiger partial charge >= 0.3 is 0 Å². The molecule has 0 aromatic carbocycles. The van der Waals surface area contributed by atoms with E-state index in [-0.39, 0.29) is 0 Å². The molecule has 0 bridgehead atoms. The zero-order valence-electron chi connectivity index (χ0n) is 13.1. The first-order valence-electron chi connectivity index (χ1n) is 7.94. The summed E-state index contributed by atoms with van der Waals surface area (Å²) >= 11 is 0. The Morgan fingerprint density at radius 2 is 1.90 bits per heavy atom. The van der Waals surface area contributed by atoms with Crippen LogP contribution in [-0.2, 0) is 6.54 Å². The van der Waals surface area contributed by atoms with Crippen LogP contribution in [0.5, 0.6) is 0 Å². The average molecular weight is 276 g/mol. The summed E-state index contributed by atoms with van der Waals surface area (Å²) in [4.78, 5) is 11.4. The molecule has 1 heterocycles. The third-order valence-corrected chi connectivity index (χ3v) is 4.10. The molecule has 1 aliphatic carbocycles. The van der Waals surface area contributed by atoms with E-state index in [1.165, 1.54) is 38.5 Å². The summed E-state index contributed by atoms with van der Waals surface area (Å²) in [5.41, 5.74) is 1.02. The van der Waals surface area contributed by atoms with Crippen molar-refractivity contribution in [3.8, 4) is 0 Å². The van der Waals surface area contributed by atoms with Gasteiger partial charge in [-0.3, -0.25) is 4.98 Å². The third-order valence-electron chi connectivity index (χ3n) is 4.10. The zero-order valence-corrected chi connectivity index (χ0v) is 13.1. The molecule has 2 rings (SSSR count). The van der Waals surface area contributed by atoms with Gasteiger partial charge in [0.05, 0.1) is 11.9 Å². The first-order chi connectivity index (χ1) is 9.66. The Morgan fingerprint density at radius 3 is 2.55 bits per heavy atom. The smallest absolute Gasteiger partial charge is 0.147 e. The predicted molar refractivity (Wildman–Crippen MR) is 83.9 cm³/mol. The number of hydrogen-bond acceptors (Lipinski definition) is 4. The lowest BCUT2D eigenvalue weighted by Gasteiger charge is -2.28. The van der Waals surface area contributed by atoms with Crippen LogP contribution in [0, 0.1) is 0 Å². The average Bonchev–Trinajstić information content (AvgIpc) is 2.73. The summed E-state index contributed by atoms with van der Waals surface area (Å²) in [5, 5.41) is 3.40. The number of hydrogen-bond donors (Lipinski definition) is 1. The highest BCUT2D eigenvalue weighted by molar-refractivity contribution is 5.36. The van der Waals surface area contributed by atoms with Gasteiger partial charge in [0.25, 0.3) is 0 Å². The number of nitrogens with one attached hydrogen (secondary N) is 1. The molecule has 0 spiro atoms. The van der Waals surface area contributed by atoms with Gasteiger partial charge < -0.3 is 10.2 Å². The molecule has 4 heteroatoms. The molecule has 0 atom stereocenters. The van der Waals surface area contributed by atoms with Crippen molar-refractivity contribution >= 4 is 5.82 Å². The lowest BCUT2D eigenvalue weighted by molar-refractivity contribution is 0.545. The lowest BCUT2D eigenvalue weighted by atomic mass is 10.1. The normalized spacial score (nSPS) is 17.2. The van der Waals surface area contributed by atoms with Crippen molar-refractivity contribution in [3.05, 3.63) is 18.1 Å². The van der Waals surface area contributed by atoms with Gasteiger partial charge in [-0.15, -0.1) is 0 Å². The fraction of sp³-hybridized carbons (Fsp3) is 0.750. The third kappa shape index (κ3) is 4.44. The minimum absolute atomic E-state index is 0.472. The molecule has 1 N–H and O–H groups in total. The quantitative estimate of drug-likeness (QED) is 0.839. The van der Waals surface area contributed by atoms with Crippen molar-refractivity contribution in [2.45, 2.75) is 71.0 Å². The highest BCUT2D eigenvalue weighted by Gasteiger charge is 2.18. The fourth-order valence-electron chi connectivity index (χ4n) is 2.79. The summed E-state index contributed by atoms with van der Waals surface area (Å²) in [6.07, 6.45) is 11.8. The highest BCUT2D eigenvalue weighted by atomic mass is 15.2. The fourth-order valence-corrected chi connectivity index (χ4v) is 2.79. The Bertz CT molecular complexity index is 397. The lowest BCUT2D eigenvalue weighted by Crippen LogP contribution is -2.32. The number of aromatic nitrogens is 2. The molecule has 0 amide bonds. The SMILES string of the molecule is CC(C)NCc1cncc(N(C)C2CCCCCC2)n1. The van der Waals surface area contributed by atoms with E-state index in [0.717, 1.165) is 18.1 Å². The molecular weight excluding hydrogens is 248 g/mol. The maximum Gasteiger partial charge on any atom is 0.147 e. The van der Waals surface area contributed by atoms with Gasteiger partial charge in [0.1, 0.15) is 5.82 Å². The van der Waals surface area contributed by atoms with Gasteiger partial charge in [0.2, 0.25) is 0 Å². The second kappa shape index (κ2) is 7.58. The van der Waals surface area contributed by atoms with Crippen LogP contribution in [0.3, 0.4) is 0 Å². The van der Waals surface area contributed by atoms with Gasteiger partial charge in [-0.2, -0.15) is 0 Å². The van der Waals surface area contributed by atoms with Gasteiger partial charge in [-0.25, -0.2) is 4.98 Å². The first-order valence-corrected chi connectivity index (χ1v) is 7.94. The van der Waals surface area contributed by atoms with Crippen molar-refractivity contribution in [2.24, 2.45) is 0 Å². The van der Waals surface area contributed by atoms with Crippen molar-refractivity contribution in [2.75, 3.05) is 11.9 Å². The van der Waals surface area contributed by atoms with Crippen LogP contribution >= 0.6 is 0 Å². The van der Waals surface area contributed by atoms with Crippen molar-refractivity contribution in [3.63, 3.8) is 0 Å². The Labute approximate surface area is 123 Å². The van der Waals surface area contributed by atoms with Gasteiger partial charge in [0.15, 0.2) is 0 Å². The first kappa shape index (κ1) is 15.2. The standard InChI is InChI=1S/C16H28N4/c1-13(2)18-11-14-10-17-12-16(19-14)20(3)15-8-6-4-5-7-9-15/h10,12-13,15,18H,4-9,11H2,1-3H3. The van der Waals surface area contributed by atoms with E-state index in [2.05, 4.69) is 36.1 Å². The molecule has 1 aromatic heterocycles. The van der Waals surface area contributed by atoms with Crippen LogP contribution in [0.15, 0.2) is 12.4 Å². The molecule has 4 nitrogen and oxygen atoms in total. The summed E-state index contributed by atoms with van der Waals surface area (Å²) in [6, 6.07) is 1.10. The van der Waals surface area contributed by atoms with Crippen LogP contribution in [0.25, 0.3) is 0 Å². The van der Waals surface area contributed by atoms with Crippen LogP contribution in [0.2, 0.25) is 0 Å². The van der Waals surface area contributed by atoms with E-state index >= 15 is 0 Å². The van der Waals surface area contributed by atoms with Crippen LogP contribution < -0.4 is 10.2 Å². The minimum Gasteiger partial charge on any atom is -0.355 e. The Kier molecular flexibility index (Phi) is 5.77. The van der Waals surface area contributed by atoms with Crippen molar-refractivity contribution in [1.82, 2.24) is 15.3 Å². The van der Waals surface area contributed by atoms with Crippen molar-refractivity contribution in [1.29, 1.82) is 0 Å². The maximum atomic E-state index is 4.75. The Hall–Kier alpha value is -1.16. The van der Waals surface area contributed by atoms with Crippen LogP contribution in [-0.4, -0.2) is 29.1 Å². The summed E-state index contributed by atoms with van der Waals surface area (Å²) < 4.78 is 0. The molecule has 0 unspecified atom stereocenters. The Morgan fingerprint density at radius 1 is 1.20 bits per heavy atom. The monoisotopic (exact) mass is 276 g/mol.